The third-order valence-corrected chi connectivity index (χ3v) is 6.40. The number of sulfonamides is 1. The minimum Gasteiger partial charge on any atom is -0.371 e. The Labute approximate surface area is 152 Å². The molecule has 1 fully saturated rings. The molecule has 2 aromatic carbocycles. The molecular weight excluding hydrogens is 362 g/mol. The van der Waals surface area contributed by atoms with Crippen molar-refractivity contribution >= 4 is 27.4 Å². The van der Waals surface area contributed by atoms with Crippen molar-refractivity contribution in [1.29, 1.82) is 0 Å². The van der Waals surface area contributed by atoms with Gasteiger partial charge in [-0.05, 0) is 25.1 Å². The van der Waals surface area contributed by atoms with Crippen LogP contribution in [0.2, 0.25) is 5.02 Å². The monoisotopic (exact) mass is 379 g/mol. The van der Waals surface area contributed by atoms with Crippen LogP contribution >= 0.6 is 11.6 Å². The standard InChI is InChI=1S/C18H18ClNO4S/c1-13(21)14-6-8-15(9-7-14)25(22,23)20-10-11-24-18(12-20)16-4-2-3-5-17(16)19/h2-9,18H,10-12H2,1H3. The fourth-order valence-electron chi connectivity index (χ4n) is 2.78. The van der Waals surface area contributed by atoms with E-state index in [4.69, 9.17) is 16.3 Å². The fourth-order valence-corrected chi connectivity index (χ4v) is 4.46. The molecule has 25 heavy (non-hydrogen) atoms. The van der Waals surface area contributed by atoms with Gasteiger partial charge in [-0.25, -0.2) is 8.42 Å². The number of carbonyl (C=O) groups is 1. The summed E-state index contributed by atoms with van der Waals surface area (Å²) in [5.74, 6) is -0.103. The summed E-state index contributed by atoms with van der Waals surface area (Å²) in [5.41, 5.74) is 1.26. The van der Waals surface area contributed by atoms with Crippen LogP contribution in [0.4, 0.5) is 0 Å². The number of ether oxygens (including phenoxy) is 1. The molecule has 0 N–H and O–H groups in total. The van der Waals surface area contributed by atoms with Crippen LogP contribution in [0, 0.1) is 0 Å². The molecule has 7 heteroatoms. The van der Waals surface area contributed by atoms with Crippen LogP contribution in [0.5, 0.6) is 0 Å². The molecule has 5 nitrogen and oxygen atoms in total. The first kappa shape index (κ1) is 18.1. The summed E-state index contributed by atoms with van der Waals surface area (Å²) in [7, 11) is -3.66. The Balaban J connectivity index is 1.85. The molecule has 0 aliphatic carbocycles. The summed E-state index contributed by atoms with van der Waals surface area (Å²) in [6.45, 7) is 2.21. The highest BCUT2D eigenvalue weighted by Gasteiger charge is 2.32. The first-order chi connectivity index (χ1) is 11.9. The molecular formula is C18H18ClNO4S. The number of carbonyl (C=O) groups excluding carboxylic acids is 1. The van der Waals surface area contributed by atoms with Crippen LogP contribution in [0.25, 0.3) is 0 Å². The Bertz CT molecular complexity index is 880. The molecule has 1 unspecified atom stereocenters. The van der Waals surface area contributed by atoms with Gasteiger partial charge in [0, 0.05) is 29.2 Å². The molecule has 1 atom stereocenters. The molecule has 0 saturated carbocycles. The van der Waals surface area contributed by atoms with Gasteiger partial charge >= 0.3 is 0 Å². The molecule has 3 rings (SSSR count). The number of Topliss-reactive ketones (excluding diaryl/α,β-unsaturated/α-hetero) is 1. The molecule has 0 spiro atoms. The summed E-state index contributed by atoms with van der Waals surface area (Å²) in [6.07, 6.45) is -0.409. The molecule has 2 aromatic rings. The maximum atomic E-state index is 12.9. The van der Waals surface area contributed by atoms with E-state index < -0.39 is 16.1 Å². The van der Waals surface area contributed by atoms with Crippen LogP contribution < -0.4 is 0 Å². The van der Waals surface area contributed by atoms with E-state index in [1.54, 1.807) is 6.07 Å². The number of benzene rings is 2. The quantitative estimate of drug-likeness (QED) is 0.764. The van der Waals surface area contributed by atoms with Crippen molar-refractivity contribution in [1.82, 2.24) is 4.31 Å². The third-order valence-electron chi connectivity index (χ3n) is 4.18. The second-order valence-electron chi connectivity index (χ2n) is 5.82. The normalized spacial score (nSPS) is 18.9. The highest BCUT2D eigenvalue weighted by molar-refractivity contribution is 7.89. The molecule has 0 aromatic heterocycles. The van der Waals surface area contributed by atoms with E-state index in [9.17, 15) is 13.2 Å². The number of halogens is 1. The molecule has 1 saturated heterocycles. The maximum Gasteiger partial charge on any atom is 0.243 e. The van der Waals surface area contributed by atoms with Gasteiger partial charge in [0.25, 0.3) is 0 Å². The Hall–Kier alpha value is -1.73. The number of ketones is 1. The Morgan fingerprint density at radius 2 is 1.84 bits per heavy atom. The summed E-state index contributed by atoms with van der Waals surface area (Å²) in [5, 5.41) is 0.553. The van der Waals surface area contributed by atoms with Crippen LogP contribution in [0.1, 0.15) is 28.9 Å². The molecule has 1 heterocycles. The predicted molar refractivity (Wildman–Crippen MR) is 95.4 cm³/mol. The molecule has 0 amide bonds. The zero-order valence-electron chi connectivity index (χ0n) is 13.7. The van der Waals surface area contributed by atoms with Gasteiger partial charge in [-0.2, -0.15) is 4.31 Å². The maximum absolute atomic E-state index is 12.9. The van der Waals surface area contributed by atoms with Crippen molar-refractivity contribution in [3.05, 3.63) is 64.7 Å². The van der Waals surface area contributed by atoms with Crippen LogP contribution in [-0.4, -0.2) is 38.2 Å². The number of hydrogen-bond donors (Lipinski definition) is 0. The smallest absolute Gasteiger partial charge is 0.243 e. The van der Waals surface area contributed by atoms with Gasteiger partial charge in [-0.3, -0.25) is 4.79 Å². The largest absolute Gasteiger partial charge is 0.371 e. The van der Waals surface area contributed by atoms with Gasteiger partial charge in [0.05, 0.1) is 17.6 Å². The van der Waals surface area contributed by atoms with E-state index in [1.165, 1.54) is 35.5 Å². The highest BCUT2D eigenvalue weighted by atomic mass is 35.5. The van der Waals surface area contributed by atoms with Crippen molar-refractivity contribution in [3.63, 3.8) is 0 Å². The van der Waals surface area contributed by atoms with Crippen LogP contribution in [0.15, 0.2) is 53.4 Å². The number of rotatable bonds is 4. The van der Waals surface area contributed by atoms with Crippen molar-refractivity contribution < 1.29 is 17.9 Å². The van der Waals surface area contributed by atoms with Crippen molar-refractivity contribution in [2.75, 3.05) is 19.7 Å². The van der Waals surface area contributed by atoms with Crippen LogP contribution in [0.3, 0.4) is 0 Å². The van der Waals surface area contributed by atoms with E-state index in [0.29, 0.717) is 17.2 Å². The summed E-state index contributed by atoms with van der Waals surface area (Å²) >= 11 is 6.20. The Morgan fingerprint density at radius 1 is 1.16 bits per heavy atom. The van der Waals surface area contributed by atoms with Gasteiger partial charge in [0.1, 0.15) is 0 Å². The fraction of sp³-hybridized carbons (Fsp3) is 0.278. The molecule has 0 radical (unpaired) electrons. The molecule has 0 bridgehead atoms. The lowest BCUT2D eigenvalue weighted by molar-refractivity contribution is -0.00249. The lowest BCUT2D eigenvalue weighted by atomic mass is 10.1. The van der Waals surface area contributed by atoms with Gasteiger partial charge in [0.15, 0.2) is 5.78 Å². The summed E-state index contributed by atoms with van der Waals surface area (Å²) < 4.78 is 32.9. The average Bonchev–Trinajstić information content (AvgIpc) is 2.62. The first-order valence-corrected chi connectivity index (χ1v) is 9.68. The number of hydrogen-bond acceptors (Lipinski definition) is 4. The topological polar surface area (TPSA) is 63.7 Å². The minimum absolute atomic E-state index is 0.103. The first-order valence-electron chi connectivity index (χ1n) is 7.87. The lowest BCUT2D eigenvalue weighted by Crippen LogP contribution is -2.42. The van der Waals surface area contributed by atoms with Crippen LogP contribution in [-0.2, 0) is 14.8 Å². The zero-order chi connectivity index (χ0) is 18.0. The third kappa shape index (κ3) is 3.77. The lowest BCUT2D eigenvalue weighted by Gasteiger charge is -2.32. The molecule has 132 valence electrons. The Kier molecular flexibility index (Phi) is 5.24. The van der Waals surface area contributed by atoms with E-state index in [1.807, 2.05) is 18.2 Å². The second kappa shape index (κ2) is 7.25. The van der Waals surface area contributed by atoms with Crippen molar-refractivity contribution in [3.8, 4) is 0 Å². The average molecular weight is 380 g/mol. The SMILES string of the molecule is CC(=O)c1ccc(S(=O)(=O)N2CCOC(c3ccccc3Cl)C2)cc1. The number of nitrogens with zero attached hydrogens (tertiary/aromatic N) is 1. The summed E-state index contributed by atoms with van der Waals surface area (Å²) in [6, 6.07) is 13.2. The highest BCUT2D eigenvalue weighted by Crippen LogP contribution is 2.30. The predicted octanol–water partition coefficient (Wildman–Crippen LogP) is 3.30. The van der Waals surface area contributed by atoms with Gasteiger partial charge in [-0.15, -0.1) is 0 Å². The van der Waals surface area contributed by atoms with Crippen molar-refractivity contribution in [2.45, 2.75) is 17.9 Å². The van der Waals surface area contributed by atoms with Gasteiger partial charge < -0.3 is 4.74 Å². The van der Waals surface area contributed by atoms with Gasteiger partial charge in [0.2, 0.25) is 10.0 Å². The van der Waals surface area contributed by atoms with Crippen molar-refractivity contribution in [2.24, 2.45) is 0 Å². The number of morpholine rings is 1. The summed E-state index contributed by atoms with van der Waals surface area (Å²) in [4.78, 5) is 11.5. The van der Waals surface area contributed by atoms with E-state index in [2.05, 4.69) is 0 Å². The van der Waals surface area contributed by atoms with E-state index >= 15 is 0 Å². The van der Waals surface area contributed by atoms with E-state index in [-0.39, 0.29) is 23.8 Å². The molecule has 1 aliphatic rings. The second-order valence-corrected chi connectivity index (χ2v) is 8.17. The minimum atomic E-state index is -3.66. The zero-order valence-corrected chi connectivity index (χ0v) is 15.3. The van der Waals surface area contributed by atoms with E-state index in [0.717, 1.165) is 5.56 Å². The Morgan fingerprint density at radius 3 is 2.48 bits per heavy atom. The molecule has 1 aliphatic heterocycles. The van der Waals surface area contributed by atoms with Gasteiger partial charge in [-0.1, -0.05) is 41.9 Å².